The van der Waals surface area contributed by atoms with Gasteiger partial charge in [0.15, 0.2) is 12.1 Å². The minimum absolute atomic E-state index is 0.0948. The fourth-order valence-electron chi connectivity index (χ4n) is 4.48. The Morgan fingerprint density at radius 2 is 1.94 bits per heavy atom. The molecule has 4 atom stereocenters. The predicted molar refractivity (Wildman–Crippen MR) is 115 cm³/mol. The van der Waals surface area contributed by atoms with Crippen molar-refractivity contribution in [3.05, 3.63) is 47.3 Å². The Balaban J connectivity index is 1.53. The van der Waals surface area contributed by atoms with Crippen LogP contribution in [0.2, 0.25) is 0 Å². The third-order valence-electron chi connectivity index (χ3n) is 6.17. The van der Waals surface area contributed by atoms with E-state index < -0.39 is 35.7 Å². The molecule has 5 rings (SSSR count). The maximum Gasteiger partial charge on any atom is 0.223 e. The van der Waals surface area contributed by atoms with E-state index in [2.05, 4.69) is 20.3 Å². The molecule has 2 bridgehead atoms. The van der Waals surface area contributed by atoms with Gasteiger partial charge in [-0.15, -0.1) is 0 Å². The Labute approximate surface area is 188 Å². The van der Waals surface area contributed by atoms with Crippen molar-refractivity contribution in [2.45, 2.75) is 57.3 Å². The lowest BCUT2D eigenvalue weighted by Crippen LogP contribution is -2.48. The van der Waals surface area contributed by atoms with Crippen LogP contribution < -0.4 is 5.32 Å². The lowest BCUT2D eigenvalue weighted by molar-refractivity contribution is -0.156. The molecule has 3 N–H and O–H groups in total. The quantitative estimate of drug-likeness (QED) is 0.548. The Morgan fingerprint density at radius 1 is 1.15 bits per heavy atom. The second-order valence-corrected chi connectivity index (χ2v) is 9.04. The number of fused-ring (bicyclic) bond motifs is 3. The largest absolute Gasteiger partial charge is 0.386 e. The van der Waals surface area contributed by atoms with Crippen LogP contribution in [-0.4, -0.2) is 56.3 Å². The molecule has 2 aromatic heterocycles. The fraction of sp³-hybridized carbons (Fsp3) is 0.435. The molecule has 4 heterocycles. The van der Waals surface area contributed by atoms with Gasteiger partial charge >= 0.3 is 0 Å². The lowest BCUT2D eigenvalue weighted by atomic mass is 9.92. The van der Waals surface area contributed by atoms with Gasteiger partial charge in [0.25, 0.3) is 0 Å². The van der Waals surface area contributed by atoms with E-state index in [1.807, 2.05) is 0 Å². The molecule has 2 aliphatic heterocycles. The number of hydrogen-bond acceptors (Lipinski definition) is 8. The van der Waals surface area contributed by atoms with Crippen molar-refractivity contribution in [1.29, 1.82) is 0 Å². The van der Waals surface area contributed by atoms with Gasteiger partial charge < -0.3 is 25.0 Å². The first kappa shape index (κ1) is 22.0. The third kappa shape index (κ3) is 3.93. The van der Waals surface area contributed by atoms with Crippen LogP contribution in [0.15, 0.2) is 24.5 Å². The van der Waals surface area contributed by atoms with Crippen LogP contribution in [0.5, 0.6) is 0 Å². The molecule has 0 spiro atoms. The number of benzene rings is 1. The zero-order valence-electron chi connectivity index (χ0n) is 18.3. The van der Waals surface area contributed by atoms with Crippen molar-refractivity contribution in [2.75, 3.05) is 11.9 Å². The summed E-state index contributed by atoms with van der Waals surface area (Å²) in [4.78, 5) is 12.4. The van der Waals surface area contributed by atoms with E-state index >= 15 is 0 Å². The number of rotatable bonds is 4. The van der Waals surface area contributed by atoms with Gasteiger partial charge in [0.2, 0.25) is 5.95 Å². The molecule has 8 nitrogen and oxygen atoms in total. The predicted octanol–water partition coefficient (Wildman–Crippen LogP) is 2.79. The van der Waals surface area contributed by atoms with Crippen LogP contribution in [0, 0.1) is 18.6 Å². The second-order valence-electron chi connectivity index (χ2n) is 9.04. The summed E-state index contributed by atoms with van der Waals surface area (Å²) >= 11 is 0. The smallest absolute Gasteiger partial charge is 0.223 e. The molecule has 174 valence electrons. The van der Waals surface area contributed by atoms with Crippen molar-refractivity contribution in [1.82, 2.24) is 15.0 Å². The Bertz CT molecular complexity index is 1230. The molecule has 0 radical (unpaired) electrons. The molecule has 10 heteroatoms. The van der Waals surface area contributed by atoms with Crippen molar-refractivity contribution in [3.63, 3.8) is 0 Å². The number of anilines is 1. The fourth-order valence-corrected chi connectivity index (χ4v) is 4.48. The summed E-state index contributed by atoms with van der Waals surface area (Å²) in [5.74, 6) is -1.26. The van der Waals surface area contributed by atoms with E-state index in [-0.39, 0.29) is 28.8 Å². The average Bonchev–Trinajstić information content (AvgIpc) is 3.16. The average molecular weight is 458 g/mol. The molecule has 0 aliphatic carbocycles. The number of nitrogens with one attached hydrogen (secondary N) is 1. The summed E-state index contributed by atoms with van der Waals surface area (Å²) in [5.41, 5.74) is 0.240. The van der Waals surface area contributed by atoms with E-state index in [4.69, 9.17) is 9.47 Å². The summed E-state index contributed by atoms with van der Waals surface area (Å²) in [5, 5.41) is 24.3. The molecule has 0 amide bonds. The number of hydrogen-bond donors (Lipinski definition) is 3. The summed E-state index contributed by atoms with van der Waals surface area (Å²) in [7, 11) is 0. The molecule has 0 saturated carbocycles. The SMILES string of the molecule is Cc1c(C(C)(C)O)cnc2c(F)cc(-c3nc(N[C@@H]4C[C@H]5CO[C@H](O5)[C@H]4O)ncc3F)cc12. The topological polar surface area (TPSA) is 110 Å². The van der Waals surface area contributed by atoms with Crippen LogP contribution >= 0.6 is 0 Å². The van der Waals surface area contributed by atoms with Crippen molar-refractivity contribution < 1.29 is 28.5 Å². The Kier molecular flexibility index (Phi) is 5.28. The highest BCUT2D eigenvalue weighted by molar-refractivity contribution is 5.88. The lowest BCUT2D eigenvalue weighted by Gasteiger charge is -2.32. The second kappa shape index (κ2) is 7.91. The van der Waals surface area contributed by atoms with Gasteiger partial charge in [0.1, 0.15) is 23.1 Å². The highest BCUT2D eigenvalue weighted by atomic mass is 19.1. The van der Waals surface area contributed by atoms with E-state index in [1.54, 1.807) is 26.8 Å². The van der Waals surface area contributed by atoms with Crippen LogP contribution in [0.4, 0.5) is 14.7 Å². The van der Waals surface area contributed by atoms with Crippen LogP contribution in [-0.2, 0) is 15.1 Å². The number of nitrogens with zero attached hydrogens (tertiary/aromatic N) is 3. The van der Waals surface area contributed by atoms with Gasteiger partial charge in [-0.25, -0.2) is 18.7 Å². The Morgan fingerprint density at radius 3 is 2.70 bits per heavy atom. The Hall–Kier alpha value is -2.79. The van der Waals surface area contributed by atoms with E-state index in [1.165, 1.54) is 12.3 Å². The van der Waals surface area contributed by atoms with E-state index in [9.17, 15) is 19.0 Å². The molecule has 2 aliphatic rings. The highest BCUT2D eigenvalue weighted by Crippen LogP contribution is 2.33. The molecule has 2 saturated heterocycles. The van der Waals surface area contributed by atoms with Crippen molar-refractivity contribution in [2.24, 2.45) is 0 Å². The van der Waals surface area contributed by atoms with Crippen molar-refractivity contribution in [3.8, 4) is 11.3 Å². The van der Waals surface area contributed by atoms with E-state index in [0.29, 0.717) is 29.5 Å². The number of aliphatic hydroxyl groups excluding tert-OH is 1. The number of pyridine rings is 1. The number of halogens is 2. The van der Waals surface area contributed by atoms with Crippen LogP contribution in [0.3, 0.4) is 0 Å². The molecule has 2 fully saturated rings. The van der Waals surface area contributed by atoms with E-state index in [0.717, 1.165) is 6.20 Å². The first-order chi connectivity index (χ1) is 15.6. The monoisotopic (exact) mass is 458 g/mol. The van der Waals surface area contributed by atoms with Gasteiger partial charge in [-0.2, -0.15) is 0 Å². The normalized spacial score (nSPS) is 24.9. The number of ether oxygens (including phenoxy) is 2. The van der Waals surface area contributed by atoms with Gasteiger partial charge in [-0.1, -0.05) is 0 Å². The van der Waals surface area contributed by atoms with Crippen LogP contribution in [0.25, 0.3) is 22.2 Å². The maximum atomic E-state index is 14.9. The number of aliphatic hydroxyl groups is 2. The zero-order valence-corrected chi connectivity index (χ0v) is 18.3. The number of aromatic nitrogens is 3. The molecular weight excluding hydrogens is 434 g/mol. The summed E-state index contributed by atoms with van der Waals surface area (Å²) < 4.78 is 40.5. The first-order valence-electron chi connectivity index (χ1n) is 10.7. The molecule has 0 unspecified atom stereocenters. The van der Waals surface area contributed by atoms with Gasteiger partial charge in [0.05, 0.1) is 30.6 Å². The minimum atomic E-state index is -1.18. The summed E-state index contributed by atoms with van der Waals surface area (Å²) in [6, 6.07) is 2.33. The number of aryl methyl sites for hydroxylation is 1. The molecular formula is C23H24F2N4O4. The van der Waals surface area contributed by atoms with Gasteiger partial charge in [-0.05, 0) is 44.9 Å². The first-order valence-corrected chi connectivity index (χ1v) is 10.7. The molecule has 3 aromatic rings. The molecule has 1 aromatic carbocycles. The highest BCUT2D eigenvalue weighted by Gasteiger charge is 2.43. The maximum absolute atomic E-state index is 14.9. The van der Waals surface area contributed by atoms with Gasteiger partial charge in [0, 0.05) is 22.7 Å². The third-order valence-corrected chi connectivity index (χ3v) is 6.17. The van der Waals surface area contributed by atoms with Gasteiger partial charge in [-0.3, -0.25) is 4.98 Å². The summed E-state index contributed by atoms with van der Waals surface area (Å²) in [6.45, 7) is 5.39. The standard InChI is InChI=1S/C23H24F2N4O4/c1-10-13-4-11(5-15(24)19(13)26-7-14(10)23(2,3)31)18-16(25)8-27-22(29-18)28-17-6-12-9-32-21(33-12)20(17)30/h4-5,7-8,12,17,20-21,30-31H,6,9H2,1-3H3,(H,27,28,29)/t12-,17+,20-,21+/m0/s1. The molecule has 33 heavy (non-hydrogen) atoms. The minimum Gasteiger partial charge on any atom is -0.386 e. The zero-order chi connectivity index (χ0) is 23.5. The summed E-state index contributed by atoms with van der Waals surface area (Å²) in [6.07, 6.45) is 1.12. The van der Waals surface area contributed by atoms with Crippen LogP contribution in [0.1, 0.15) is 31.4 Å². The van der Waals surface area contributed by atoms with Crippen molar-refractivity contribution >= 4 is 16.9 Å².